The molecule has 0 radical (unpaired) electrons. The molecule has 0 saturated carbocycles. The zero-order valence-electron chi connectivity index (χ0n) is 12.1. The molecule has 0 bridgehead atoms. The van der Waals surface area contributed by atoms with E-state index >= 15 is 0 Å². The summed E-state index contributed by atoms with van der Waals surface area (Å²) in [6, 6.07) is 4.62. The molecule has 1 aliphatic heterocycles. The lowest BCUT2D eigenvalue weighted by atomic mass is 9.78. The molecule has 2 nitrogen and oxygen atoms in total. The highest BCUT2D eigenvalue weighted by molar-refractivity contribution is 5.38. The molecule has 2 N–H and O–H groups in total. The van der Waals surface area contributed by atoms with Crippen LogP contribution in [0.4, 0.5) is 4.39 Å². The quantitative estimate of drug-likeness (QED) is 0.787. The van der Waals surface area contributed by atoms with Crippen LogP contribution >= 0.6 is 0 Å². The Morgan fingerprint density at radius 1 is 1.30 bits per heavy atom. The van der Waals surface area contributed by atoms with Crippen LogP contribution in [0.3, 0.4) is 0 Å². The normalized spacial score (nSPS) is 33.1. The molecule has 3 rings (SSSR count). The van der Waals surface area contributed by atoms with Crippen molar-refractivity contribution in [2.75, 3.05) is 0 Å². The summed E-state index contributed by atoms with van der Waals surface area (Å²) in [6.07, 6.45) is 5.45. The molecular formula is C17H22FNO. The van der Waals surface area contributed by atoms with Crippen LogP contribution < -0.4 is 10.5 Å². The fraction of sp³-hybridized carbons (Fsp3) is 0.529. The summed E-state index contributed by atoms with van der Waals surface area (Å²) in [5, 5.41) is 0. The van der Waals surface area contributed by atoms with Crippen LogP contribution in [0.1, 0.15) is 44.7 Å². The van der Waals surface area contributed by atoms with E-state index < -0.39 is 0 Å². The Kier molecular flexibility index (Phi) is 3.55. The summed E-state index contributed by atoms with van der Waals surface area (Å²) >= 11 is 0. The summed E-state index contributed by atoms with van der Waals surface area (Å²) in [4.78, 5) is 0. The molecule has 3 unspecified atom stereocenters. The predicted molar refractivity (Wildman–Crippen MR) is 78.0 cm³/mol. The van der Waals surface area contributed by atoms with Crippen LogP contribution in [-0.4, -0.2) is 6.10 Å². The van der Waals surface area contributed by atoms with Crippen molar-refractivity contribution < 1.29 is 9.13 Å². The van der Waals surface area contributed by atoms with Gasteiger partial charge in [0.15, 0.2) is 0 Å². The third-order valence-electron chi connectivity index (χ3n) is 4.49. The summed E-state index contributed by atoms with van der Waals surface area (Å²) in [5.41, 5.74) is 8.60. The van der Waals surface area contributed by atoms with E-state index in [2.05, 4.69) is 19.9 Å². The molecule has 1 heterocycles. The number of allylic oxidation sites excluding steroid dienone is 2. The van der Waals surface area contributed by atoms with Gasteiger partial charge in [-0.15, -0.1) is 0 Å². The van der Waals surface area contributed by atoms with E-state index in [1.165, 1.54) is 17.7 Å². The predicted octanol–water partition coefficient (Wildman–Crippen LogP) is 3.97. The van der Waals surface area contributed by atoms with Gasteiger partial charge in [-0.25, -0.2) is 4.39 Å². The number of hydrogen-bond acceptors (Lipinski definition) is 2. The smallest absolute Gasteiger partial charge is 0.127 e. The summed E-state index contributed by atoms with van der Waals surface area (Å²) in [5.74, 6) is 1.44. The Morgan fingerprint density at radius 3 is 2.85 bits per heavy atom. The lowest BCUT2D eigenvalue weighted by Gasteiger charge is -2.37. The van der Waals surface area contributed by atoms with E-state index in [1.54, 1.807) is 6.07 Å². The molecule has 2 aliphatic rings. The first kappa shape index (κ1) is 13.6. The SMILES string of the molecule is CC1=CC(C)CC(C2C[C@H](N)c3ccc(F)cc3O2)C1. The Hall–Kier alpha value is -1.35. The van der Waals surface area contributed by atoms with Crippen LogP contribution in [0, 0.1) is 17.7 Å². The van der Waals surface area contributed by atoms with Crippen molar-refractivity contribution in [3.05, 3.63) is 41.2 Å². The maximum Gasteiger partial charge on any atom is 0.127 e. The van der Waals surface area contributed by atoms with Gasteiger partial charge in [0.2, 0.25) is 0 Å². The lowest BCUT2D eigenvalue weighted by molar-refractivity contribution is 0.0854. The lowest BCUT2D eigenvalue weighted by Crippen LogP contribution is -2.37. The van der Waals surface area contributed by atoms with Gasteiger partial charge >= 0.3 is 0 Å². The number of rotatable bonds is 1. The van der Waals surface area contributed by atoms with E-state index in [9.17, 15) is 4.39 Å². The van der Waals surface area contributed by atoms with Gasteiger partial charge in [0.1, 0.15) is 17.7 Å². The maximum absolute atomic E-state index is 13.4. The number of halogens is 1. The zero-order chi connectivity index (χ0) is 14.3. The van der Waals surface area contributed by atoms with Gasteiger partial charge in [0, 0.05) is 30.0 Å². The molecule has 0 spiro atoms. The Bertz CT molecular complexity index is 540. The van der Waals surface area contributed by atoms with Gasteiger partial charge in [-0.2, -0.15) is 0 Å². The van der Waals surface area contributed by atoms with Crippen LogP contribution in [0.2, 0.25) is 0 Å². The van der Waals surface area contributed by atoms with E-state index in [0.717, 1.165) is 24.8 Å². The van der Waals surface area contributed by atoms with Crippen molar-refractivity contribution in [1.82, 2.24) is 0 Å². The Balaban J connectivity index is 1.82. The third kappa shape index (κ3) is 2.59. The number of benzene rings is 1. The van der Waals surface area contributed by atoms with E-state index in [-0.39, 0.29) is 18.0 Å². The van der Waals surface area contributed by atoms with Crippen molar-refractivity contribution in [3.8, 4) is 5.75 Å². The van der Waals surface area contributed by atoms with Crippen LogP contribution in [0.15, 0.2) is 29.8 Å². The van der Waals surface area contributed by atoms with E-state index in [0.29, 0.717) is 17.6 Å². The standard InChI is InChI=1S/C17H22FNO/c1-10-5-11(2)7-12(6-10)16-9-15(19)14-4-3-13(18)8-17(14)20-16/h3-5,8,10,12,15-16H,6-7,9,19H2,1-2H3/t10?,12?,15-,16?/m0/s1. The number of fused-ring (bicyclic) bond motifs is 1. The highest BCUT2D eigenvalue weighted by atomic mass is 19.1. The summed E-state index contributed by atoms with van der Waals surface area (Å²) in [6.45, 7) is 4.42. The first-order valence-electron chi connectivity index (χ1n) is 7.42. The summed E-state index contributed by atoms with van der Waals surface area (Å²) < 4.78 is 19.5. The molecular weight excluding hydrogens is 253 g/mol. The average molecular weight is 275 g/mol. The van der Waals surface area contributed by atoms with Gasteiger partial charge in [-0.3, -0.25) is 0 Å². The first-order valence-corrected chi connectivity index (χ1v) is 7.42. The number of nitrogens with two attached hydrogens (primary N) is 1. The van der Waals surface area contributed by atoms with E-state index in [1.807, 2.05) is 0 Å². The topological polar surface area (TPSA) is 35.2 Å². The second-order valence-corrected chi connectivity index (χ2v) is 6.37. The minimum Gasteiger partial charge on any atom is -0.490 e. The minimum atomic E-state index is -0.260. The van der Waals surface area contributed by atoms with Crippen LogP contribution in [0.5, 0.6) is 5.75 Å². The molecule has 4 atom stereocenters. The molecule has 0 fully saturated rings. The molecule has 1 aromatic carbocycles. The van der Waals surface area contributed by atoms with Crippen molar-refractivity contribution in [2.45, 2.75) is 45.3 Å². The van der Waals surface area contributed by atoms with Crippen molar-refractivity contribution in [1.29, 1.82) is 0 Å². The van der Waals surface area contributed by atoms with Gasteiger partial charge in [-0.1, -0.05) is 24.6 Å². The average Bonchev–Trinajstić information content (AvgIpc) is 2.36. The largest absolute Gasteiger partial charge is 0.490 e. The van der Waals surface area contributed by atoms with Crippen molar-refractivity contribution in [3.63, 3.8) is 0 Å². The second-order valence-electron chi connectivity index (χ2n) is 6.37. The molecule has 20 heavy (non-hydrogen) atoms. The number of ether oxygens (including phenoxy) is 1. The van der Waals surface area contributed by atoms with Gasteiger partial charge in [-0.05, 0) is 31.7 Å². The maximum atomic E-state index is 13.4. The van der Waals surface area contributed by atoms with Crippen LogP contribution in [-0.2, 0) is 0 Å². The third-order valence-corrected chi connectivity index (χ3v) is 4.49. The zero-order valence-corrected chi connectivity index (χ0v) is 12.1. The van der Waals surface area contributed by atoms with Gasteiger partial charge < -0.3 is 10.5 Å². The Morgan fingerprint density at radius 2 is 2.10 bits per heavy atom. The van der Waals surface area contributed by atoms with Gasteiger partial charge in [0.25, 0.3) is 0 Å². The van der Waals surface area contributed by atoms with Crippen molar-refractivity contribution in [2.24, 2.45) is 17.6 Å². The summed E-state index contributed by atoms with van der Waals surface area (Å²) in [7, 11) is 0. The molecule has 1 aliphatic carbocycles. The highest BCUT2D eigenvalue weighted by Crippen LogP contribution is 2.40. The van der Waals surface area contributed by atoms with Crippen molar-refractivity contribution >= 4 is 0 Å². The first-order chi connectivity index (χ1) is 9.52. The highest BCUT2D eigenvalue weighted by Gasteiger charge is 2.34. The molecule has 0 saturated heterocycles. The molecule has 3 heteroatoms. The van der Waals surface area contributed by atoms with Crippen LogP contribution in [0.25, 0.3) is 0 Å². The monoisotopic (exact) mass is 275 g/mol. The minimum absolute atomic E-state index is 0.0501. The fourth-order valence-corrected chi connectivity index (χ4v) is 3.67. The fourth-order valence-electron chi connectivity index (χ4n) is 3.67. The molecule has 1 aromatic rings. The Labute approximate surface area is 119 Å². The molecule has 0 aromatic heterocycles. The van der Waals surface area contributed by atoms with Gasteiger partial charge in [0.05, 0.1) is 0 Å². The van der Waals surface area contributed by atoms with E-state index in [4.69, 9.17) is 10.5 Å². The molecule has 108 valence electrons. The molecule has 0 amide bonds. The second kappa shape index (κ2) is 5.21. The number of hydrogen-bond donors (Lipinski definition) is 1.